The first kappa shape index (κ1) is 21.5. The molecule has 2 aliphatic rings. The van der Waals surface area contributed by atoms with E-state index in [1.165, 1.54) is 17.5 Å². The molecule has 4 rings (SSSR count). The minimum Gasteiger partial charge on any atom is -0.354 e. The second kappa shape index (κ2) is 10.1. The Labute approximate surface area is 184 Å². The van der Waals surface area contributed by atoms with Crippen molar-refractivity contribution in [1.29, 1.82) is 0 Å². The van der Waals surface area contributed by atoms with Crippen LogP contribution in [0.25, 0.3) is 0 Å². The summed E-state index contributed by atoms with van der Waals surface area (Å²) in [5.74, 6) is 0.930. The van der Waals surface area contributed by atoms with Crippen LogP contribution >= 0.6 is 0 Å². The lowest BCUT2D eigenvalue weighted by molar-refractivity contribution is -0.121. The Balaban J connectivity index is 1.20. The van der Waals surface area contributed by atoms with E-state index in [0.29, 0.717) is 6.54 Å². The van der Waals surface area contributed by atoms with Crippen LogP contribution in [0.1, 0.15) is 53.2 Å². The van der Waals surface area contributed by atoms with Crippen LogP contribution in [0.3, 0.4) is 0 Å². The Morgan fingerprint density at radius 3 is 2.55 bits per heavy atom. The predicted octanol–water partition coefficient (Wildman–Crippen LogP) is 2.99. The lowest BCUT2D eigenvalue weighted by Gasteiger charge is -2.34. The highest BCUT2D eigenvalue weighted by atomic mass is 16.2. The van der Waals surface area contributed by atoms with Gasteiger partial charge in [0.05, 0.1) is 0 Å². The molecule has 0 spiro atoms. The molecule has 1 saturated heterocycles. The van der Waals surface area contributed by atoms with Crippen LogP contribution in [-0.2, 0) is 24.2 Å². The Morgan fingerprint density at radius 1 is 1.00 bits per heavy atom. The lowest BCUT2D eigenvalue weighted by atomic mass is 10.0. The monoisotopic (exact) mass is 420 g/mol. The average Bonchev–Trinajstić information content (AvgIpc) is 3.29. The summed E-state index contributed by atoms with van der Waals surface area (Å²) in [6, 6.07) is 10.0. The molecule has 0 radical (unpaired) electrons. The fourth-order valence-electron chi connectivity index (χ4n) is 4.41. The number of aryl methyl sites for hydroxylation is 2. The smallest absolute Gasteiger partial charge is 0.220 e. The number of carbonyl (C=O) groups excluding carboxylic acids is 2. The molecule has 2 aromatic rings. The minimum atomic E-state index is -0.103. The maximum Gasteiger partial charge on any atom is 0.220 e. The first-order valence-electron chi connectivity index (χ1n) is 11.5. The number of pyridine rings is 1. The zero-order chi connectivity index (χ0) is 21.6. The third-order valence-electron chi connectivity index (χ3n) is 6.44. The van der Waals surface area contributed by atoms with E-state index in [9.17, 15) is 9.59 Å². The van der Waals surface area contributed by atoms with Crippen molar-refractivity contribution in [2.75, 3.05) is 37.6 Å². The number of piperazine rings is 1. The standard InChI is InChI=1S/C25H32N4O2/c1-2-28-12-14-29(15-13-28)24-10-6-19(17-26-24)18-27-25(31)11-9-23(30)22-8-7-20-4-3-5-21(20)16-22/h6-8,10,16-17H,2-5,9,11-15,18H2,1H3,(H,27,31). The van der Waals surface area contributed by atoms with Gasteiger partial charge in [-0.2, -0.15) is 0 Å². The molecule has 1 aromatic carbocycles. The Bertz CT molecular complexity index is 918. The van der Waals surface area contributed by atoms with Gasteiger partial charge in [0.2, 0.25) is 5.91 Å². The average molecular weight is 421 g/mol. The van der Waals surface area contributed by atoms with Gasteiger partial charge in [-0.3, -0.25) is 9.59 Å². The number of aromatic nitrogens is 1. The summed E-state index contributed by atoms with van der Waals surface area (Å²) in [7, 11) is 0. The second-order valence-electron chi connectivity index (χ2n) is 8.48. The zero-order valence-electron chi connectivity index (χ0n) is 18.4. The van der Waals surface area contributed by atoms with Crippen molar-refractivity contribution in [1.82, 2.24) is 15.2 Å². The number of Topliss-reactive ketones (excluding diaryl/α,β-unsaturated/α-hetero) is 1. The van der Waals surface area contributed by atoms with Crippen LogP contribution in [0.2, 0.25) is 0 Å². The number of anilines is 1. The first-order chi connectivity index (χ1) is 15.1. The second-order valence-corrected chi connectivity index (χ2v) is 8.48. The van der Waals surface area contributed by atoms with Gasteiger partial charge in [-0.05, 0) is 54.6 Å². The number of carbonyl (C=O) groups is 2. The third-order valence-corrected chi connectivity index (χ3v) is 6.44. The molecule has 1 aliphatic heterocycles. The number of hydrogen-bond acceptors (Lipinski definition) is 5. The van der Waals surface area contributed by atoms with Gasteiger partial charge < -0.3 is 15.1 Å². The molecular weight excluding hydrogens is 388 g/mol. The van der Waals surface area contributed by atoms with Gasteiger partial charge in [0.1, 0.15) is 5.82 Å². The number of nitrogens with zero attached hydrogens (tertiary/aromatic N) is 3. The summed E-state index contributed by atoms with van der Waals surface area (Å²) >= 11 is 0. The molecule has 2 heterocycles. The molecule has 1 amide bonds. The van der Waals surface area contributed by atoms with Crippen molar-refractivity contribution in [3.05, 3.63) is 58.8 Å². The minimum absolute atomic E-state index is 0.0408. The van der Waals surface area contributed by atoms with Crippen LogP contribution in [0.4, 0.5) is 5.82 Å². The maximum atomic E-state index is 12.5. The van der Waals surface area contributed by atoms with E-state index >= 15 is 0 Å². The van der Waals surface area contributed by atoms with Gasteiger partial charge in [-0.25, -0.2) is 4.98 Å². The number of ketones is 1. The number of likely N-dealkylation sites (N-methyl/N-ethyl adjacent to an activating group) is 1. The Kier molecular flexibility index (Phi) is 6.97. The van der Waals surface area contributed by atoms with Crippen molar-refractivity contribution in [2.45, 2.75) is 45.6 Å². The Hall–Kier alpha value is -2.73. The van der Waals surface area contributed by atoms with E-state index in [0.717, 1.165) is 62.5 Å². The predicted molar refractivity (Wildman–Crippen MR) is 122 cm³/mol. The van der Waals surface area contributed by atoms with Gasteiger partial charge in [0.15, 0.2) is 5.78 Å². The molecule has 1 N–H and O–H groups in total. The molecule has 1 fully saturated rings. The van der Waals surface area contributed by atoms with E-state index in [-0.39, 0.29) is 24.5 Å². The number of fused-ring (bicyclic) bond motifs is 1. The van der Waals surface area contributed by atoms with Gasteiger partial charge >= 0.3 is 0 Å². The van der Waals surface area contributed by atoms with Gasteiger partial charge in [0.25, 0.3) is 0 Å². The zero-order valence-corrected chi connectivity index (χ0v) is 18.4. The van der Waals surface area contributed by atoms with E-state index in [1.54, 1.807) is 0 Å². The summed E-state index contributed by atoms with van der Waals surface area (Å²) in [5.41, 5.74) is 4.35. The maximum absolute atomic E-state index is 12.5. The van der Waals surface area contributed by atoms with Crippen molar-refractivity contribution < 1.29 is 9.59 Å². The number of amides is 1. The SMILES string of the molecule is CCN1CCN(c2ccc(CNC(=O)CCC(=O)c3ccc4c(c3)CCC4)cn2)CC1. The van der Waals surface area contributed by atoms with Crippen molar-refractivity contribution in [3.63, 3.8) is 0 Å². The topological polar surface area (TPSA) is 65.5 Å². The molecule has 0 unspecified atom stereocenters. The molecule has 164 valence electrons. The van der Waals surface area contributed by atoms with Crippen LogP contribution in [0.5, 0.6) is 0 Å². The first-order valence-corrected chi connectivity index (χ1v) is 11.5. The van der Waals surface area contributed by atoms with Crippen LogP contribution < -0.4 is 10.2 Å². The summed E-state index contributed by atoms with van der Waals surface area (Å²) in [6.45, 7) is 7.85. The quantitative estimate of drug-likeness (QED) is 0.665. The summed E-state index contributed by atoms with van der Waals surface area (Å²) in [5, 5.41) is 2.91. The fourth-order valence-corrected chi connectivity index (χ4v) is 4.41. The van der Waals surface area contributed by atoms with E-state index < -0.39 is 0 Å². The highest BCUT2D eigenvalue weighted by Crippen LogP contribution is 2.23. The highest BCUT2D eigenvalue weighted by molar-refractivity contribution is 5.98. The summed E-state index contributed by atoms with van der Waals surface area (Å²) in [4.78, 5) is 34.0. The molecule has 6 nitrogen and oxygen atoms in total. The summed E-state index contributed by atoms with van der Waals surface area (Å²) in [6.07, 6.45) is 5.61. The third kappa shape index (κ3) is 5.50. The van der Waals surface area contributed by atoms with Gasteiger partial charge in [-0.1, -0.05) is 25.1 Å². The molecule has 0 atom stereocenters. The van der Waals surface area contributed by atoms with Gasteiger partial charge in [0, 0.05) is 57.3 Å². The van der Waals surface area contributed by atoms with Crippen LogP contribution in [0, 0.1) is 0 Å². The molecule has 0 bridgehead atoms. The molecule has 6 heteroatoms. The fraction of sp³-hybridized carbons (Fsp3) is 0.480. The molecule has 1 aromatic heterocycles. The van der Waals surface area contributed by atoms with Crippen LogP contribution in [-0.4, -0.2) is 54.3 Å². The van der Waals surface area contributed by atoms with Crippen molar-refractivity contribution in [2.24, 2.45) is 0 Å². The van der Waals surface area contributed by atoms with Crippen molar-refractivity contribution >= 4 is 17.5 Å². The Morgan fingerprint density at radius 2 is 1.81 bits per heavy atom. The van der Waals surface area contributed by atoms with Crippen LogP contribution in [0.15, 0.2) is 36.5 Å². The molecule has 31 heavy (non-hydrogen) atoms. The summed E-state index contributed by atoms with van der Waals surface area (Å²) < 4.78 is 0. The van der Waals surface area contributed by atoms with E-state index in [2.05, 4.69) is 33.1 Å². The number of rotatable bonds is 8. The lowest BCUT2D eigenvalue weighted by Crippen LogP contribution is -2.46. The van der Waals surface area contributed by atoms with E-state index in [4.69, 9.17) is 0 Å². The van der Waals surface area contributed by atoms with E-state index in [1.807, 2.05) is 30.5 Å². The molecular formula is C25H32N4O2. The normalized spacial score (nSPS) is 16.2. The molecule has 1 aliphatic carbocycles. The largest absolute Gasteiger partial charge is 0.354 e. The number of benzene rings is 1. The number of hydrogen-bond donors (Lipinski definition) is 1. The van der Waals surface area contributed by atoms with Gasteiger partial charge in [-0.15, -0.1) is 0 Å². The van der Waals surface area contributed by atoms with Crippen molar-refractivity contribution in [3.8, 4) is 0 Å². The highest BCUT2D eigenvalue weighted by Gasteiger charge is 2.17. The number of nitrogens with one attached hydrogen (secondary N) is 1. The molecule has 0 saturated carbocycles.